The number of amides is 4. The van der Waals surface area contributed by atoms with Gasteiger partial charge in [-0.15, -0.1) is 0 Å². The Morgan fingerprint density at radius 1 is 0.656 bits per heavy atom. The number of nitrogens with one attached hydrogen (secondary N) is 1. The molecular weight excluding hydrogens is 819 g/mol. The fraction of sp³-hybridized carbons (Fsp3) is 0.340. The quantitative estimate of drug-likeness (QED) is 0.115. The second kappa shape index (κ2) is 19.2. The van der Waals surface area contributed by atoms with Gasteiger partial charge in [-0.05, 0) is 134 Å². The molecule has 4 aromatic rings. The molecule has 4 unspecified atom stereocenters. The van der Waals surface area contributed by atoms with Crippen molar-refractivity contribution >= 4 is 64.6 Å². The van der Waals surface area contributed by atoms with Gasteiger partial charge in [0.15, 0.2) is 0 Å². The minimum absolute atomic E-state index is 0.0333. The van der Waals surface area contributed by atoms with E-state index in [4.69, 9.17) is 34.7 Å². The predicted octanol–water partition coefficient (Wildman–Crippen LogP) is 8.43. The number of hydrogen-bond acceptors (Lipinski definition) is 6. The maximum absolute atomic E-state index is 13.2. The van der Waals surface area contributed by atoms with Gasteiger partial charge in [-0.25, -0.2) is 13.6 Å². The van der Waals surface area contributed by atoms with E-state index in [1.54, 1.807) is 36.4 Å². The topological polar surface area (TPSA) is 128 Å². The molecule has 4 saturated heterocycles. The second-order valence-corrected chi connectivity index (χ2v) is 17.3. The molecule has 4 bridgehead atoms. The molecule has 0 radical (unpaired) electrons. The van der Waals surface area contributed by atoms with Crippen molar-refractivity contribution < 1.29 is 23.2 Å². The van der Waals surface area contributed by atoms with Crippen LogP contribution in [0.3, 0.4) is 0 Å². The van der Waals surface area contributed by atoms with Crippen LogP contribution in [0.1, 0.15) is 59.1 Å². The standard InChI is InChI=1S/C24H26ClFN4O2.C23H25ClFN3O/c1-15-10-17(22(11-21(15)25)28-24(27)32)4-9-23(31)30-19-7-8-20(30)14-29(13-19)12-16-2-5-18(26)6-3-16;1-15-10-17(22(26)11-21(15)24)4-9-23(29)28-19-7-8-20(28)14-27(13-19)12-16-2-5-18(25)6-3-16/h2-6,9-11,19-20H,7-8,12-14H2,1H3,(H3,27,28,32);2-6,9-11,19-20H,7-8,12-14,26H2,1H3/b2*9-4+. The number of urea groups is 1. The largest absolute Gasteiger partial charge is 0.398 e. The normalized spacial score (nSPS) is 21.2. The first-order valence-electron chi connectivity index (χ1n) is 20.6. The van der Waals surface area contributed by atoms with E-state index >= 15 is 0 Å². The smallest absolute Gasteiger partial charge is 0.316 e. The first kappa shape index (κ1) is 43.8. The monoisotopic (exact) mass is 869 g/mol. The van der Waals surface area contributed by atoms with E-state index < -0.39 is 6.03 Å². The Hall–Kier alpha value is -5.27. The molecule has 4 amide bonds. The summed E-state index contributed by atoms with van der Waals surface area (Å²) in [4.78, 5) is 46.0. The summed E-state index contributed by atoms with van der Waals surface area (Å²) in [5.74, 6) is -0.462. The number of piperazine rings is 2. The molecule has 8 rings (SSSR count). The third kappa shape index (κ3) is 10.8. The summed E-state index contributed by atoms with van der Waals surface area (Å²) in [6.07, 6.45) is 10.6. The number of hydrogen-bond donors (Lipinski definition) is 3. The van der Waals surface area contributed by atoms with Crippen molar-refractivity contribution in [2.45, 2.75) is 76.8 Å². The number of nitrogens with two attached hydrogens (primary N) is 2. The van der Waals surface area contributed by atoms with E-state index in [-0.39, 0.29) is 47.6 Å². The Balaban J connectivity index is 0.000000185. The molecule has 61 heavy (non-hydrogen) atoms. The maximum atomic E-state index is 13.2. The molecular formula is C47H51Cl2F2N7O3. The average molecular weight is 871 g/mol. The first-order valence-corrected chi connectivity index (χ1v) is 21.3. The Morgan fingerprint density at radius 2 is 1.05 bits per heavy atom. The fourth-order valence-electron chi connectivity index (χ4n) is 9.09. The van der Waals surface area contributed by atoms with Crippen molar-refractivity contribution in [1.82, 2.24) is 19.6 Å². The number of carbonyl (C=O) groups is 3. The Morgan fingerprint density at radius 3 is 1.48 bits per heavy atom. The van der Waals surface area contributed by atoms with E-state index in [9.17, 15) is 23.2 Å². The molecule has 4 heterocycles. The van der Waals surface area contributed by atoms with Gasteiger partial charge in [-0.3, -0.25) is 19.4 Å². The highest BCUT2D eigenvalue weighted by Crippen LogP contribution is 2.34. The summed E-state index contributed by atoms with van der Waals surface area (Å²) < 4.78 is 26.3. The van der Waals surface area contributed by atoms with Crippen LogP contribution in [0.15, 0.2) is 84.9 Å². The highest BCUT2D eigenvalue weighted by molar-refractivity contribution is 6.32. The number of rotatable bonds is 9. The lowest BCUT2D eigenvalue weighted by Gasteiger charge is -2.40. The van der Waals surface area contributed by atoms with Gasteiger partial charge < -0.3 is 26.6 Å². The minimum Gasteiger partial charge on any atom is -0.398 e. The van der Waals surface area contributed by atoms with Crippen LogP contribution in [-0.4, -0.2) is 87.8 Å². The summed E-state index contributed by atoms with van der Waals surface area (Å²) in [6, 6.07) is 20.3. The highest BCUT2D eigenvalue weighted by atomic mass is 35.5. The first-order chi connectivity index (χ1) is 29.2. The number of halogens is 4. The van der Waals surface area contributed by atoms with Gasteiger partial charge in [-0.2, -0.15) is 0 Å². The van der Waals surface area contributed by atoms with Crippen molar-refractivity contribution in [2.24, 2.45) is 5.73 Å². The van der Waals surface area contributed by atoms with E-state index in [1.807, 2.05) is 60.0 Å². The summed E-state index contributed by atoms with van der Waals surface area (Å²) in [7, 11) is 0. The van der Waals surface area contributed by atoms with Crippen molar-refractivity contribution in [3.63, 3.8) is 0 Å². The zero-order chi connectivity index (χ0) is 43.4. The van der Waals surface area contributed by atoms with Crippen molar-refractivity contribution in [2.75, 3.05) is 37.2 Å². The van der Waals surface area contributed by atoms with Crippen LogP contribution in [-0.2, 0) is 22.7 Å². The fourth-order valence-corrected chi connectivity index (χ4v) is 9.43. The second-order valence-electron chi connectivity index (χ2n) is 16.5. The molecule has 0 spiro atoms. The van der Waals surface area contributed by atoms with Crippen LogP contribution in [0, 0.1) is 25.5 Å². The molecule has 4 atom stereocenters. The van der Waals surface area contributed by atoms with Crippen LogP contribution in [0.2, 0.25) is 10.0 Å². The molecule has 5 N–H and O–H groups in total. The summed E-state index contributed by atoms with van der Waals surface area (Å²) in [5, 5.41) is 3.69. The predicted molar refractivity (Wildman–Crippen MR) is 239 cm³/mol. The molecule has 10 nitrogen and oxygen atoms in total. The number of carbonyl (C=O) groups excluding carboxylic acids is 3. The minimum atomic E-state index is -0.693. The lowest BCUT2D eigenvalue weighted by molar-refractivity contribution is -0.132. The number of nitrogens with zero attached hydrogens (tertiary/aromatic N) is 4. The number of fused-ring (bicyclic) bond motifs is 4. The number of primary amides is 1. The molecule has 320 valence electrons. The molecule has 4 aromatic carbocycles. The van der Waals surface area contributed by atoms with Crippen LogP contribution >= 0.6 is 23.2 Å². The summed E-state index contributed by atoms with van der Waals surface area (Å²) >= 11 is 12.3. The molecule has 0 aliphatic carbocycles. The molecule has 4 aliphatic rings. The van der Waals surface area contributed by atoms with E-state index in [1.165, 1.54) is 24.3 Å². The number of benzene rings is 4. The van der Waals surface area contributed by atoms with Crippen LogP contribution in [0.5, 0.6) is 0 Å². The maximum Gasteiger partial charge on any atom is 0.316 e. The summed E-state index contributed by atoms with van der Waals surface area (Å²) in [5.41, 5.74) is 17.7. The number of aryl methyl sites for hydroxylation is 2. The lowest BCUT2D eigenvalue weighted by Crippen LogP contribution is -2.55. The van der Waals surface area contributed by atoms with Gasteiger partial charge >= 0.3 is 6.03 Å². The van der Waals surface area contributed by atoms with E-state index in [0.717, 1.165) is 92.8 Å². The highest BCUT2D eigenvalue weighted by Gasteiger charge is 2.43. The zero-order valence-corrected chi connectivity index (χ0v) is 35.8. The van der Waals surface area contributed by atoms with Crippen molar-refractivity contribution in [3.8, 4) is 0 Å². The zero-order valence-electron chi connectivity index (χ0n) is 34.3. The van der Waals surface area contributed by atoms with Gasteiger partial charge in [0.1, 0.15) is 11.6 Å². The van der Waals surface area contributed by atoms with Gasteiger partial charge in [0.05, 0.1) is 5.69 Å². The SMILES string of the molecule is Cc1cc(/C=C/C(=O)N2C3CCC2CN(Cc2ccc(F)cc2)C3)c(N)cc1Cl.Cc1cc(/C=C/C(=O)N2C3CCC2CN(Cc2ccc(F)cc2)C3)c(NC(N)=O)cc1Cl. The van der Waals surface area contributed by atoms with E-state index in [0.29, 0.717) is 27.0 Å². The molecule has 4 aliphatic heterocycles. The Bertz CT molecular complexity index is 2300. The Kier molecular flexibility index (Phi) is 13.8. The van der Waals surface area contributed by atoms with E-state index in [2.05, 4.69) is 15.1 Å². The van der Waals surface area contributed by atoms with Crippen LogP contribution < -0.4 is 16.8 Å². The van der Waals surface area contributed by atoms with Gasteiger partial charge in [0.2, 0.25) is 11.8 Å². The van der Waals surface area contributed by atoms with Crippen LogP contribution in [0.25, 0.3) is 12.2 Å². The number of likely N-dealkylation sites (tertiary alicyclic amines) is 2. The summed E-state index contributed by atoms with van der Waals surface area (Å²) in [6.45, 7) is 8.58. The number of nitrogen functional groups attached to an aromatic ring is 1. The average Bonchev–Trinajstić information content (AvgIpc) is 3.65. The van der Waals surface area contributed by atoms with Crippen molar-refractivity contribution in [1.29, 1.82) is 0 Å². The van der Waals surface area contributed by atoms with Gasteiger partial charge in [0.25, 0.3) is 0 Å². The number of anilines is 2. The van der Waals surface area contributed by atoms with Gasteiger partial charge in [-0.1, -0.05) is 47.5 Å². The molecule has 0 saturated carbocycles. The third-order valence-corrected chi connectivity index (χ3v) is 12.8. The Labute approximate surface area is 365 Å². The van der Waals surface area contributed by atoms with Gasteiger partial charge in [0, 0.05) is 91.3 Å². The molecule has 14 heteroatoms. The van der Waals surface area contributed by atoms with Crippen LogP contribution in [0.4, 0.5) is 25.0 Å². The molecule has 0 aromatic heterocycles. The molecule has 4 fully saturated rings. The lowest BCUT2D eigenvalue weighted by atomic mass is 10.1. The third-order valence-electron chi connectivity index (χ3n) is 12.0. The van der Waals surface area contributed by atoms with Crippen molar-refractivity contribution in [3.05, 3.63) is 140 Å².